The van der Waals surface area contributed by atoms with Gasteiger partial charge < -0.3 is 10.5 Å². The number of aromatic nitrogens is 1. The van der Waals surface area contributed by atoms with Gasteiger partial charge in [-0.3, -0.25) is 10.4 Å². The summed E-state index contributed by atoms with van der Waals surface area (Å²) in [6.07, 6.45) is 1.66. The van der Waals surface area contributed by atoms with Crippen LogP contribution in [0.1, 0.15) is 5.56 Å². The number of halogens is 2. The summed E-state index contributed by atoms with van der Waals surface area (Å²) in [7, 11) is 0. The monoisotopic (exact) mass is 317 g/mol. The Morgan fingerprint density at radius 3 is 2.59 bits per heavy atom. The molecule has 3 aromatic rings. The van der Waals surface area contributed by atoms with Gasteiger partial charge in [0.15, 0.2) is 17.3 Å². The molecule has 0 saturated carbocycles. The number of pyridine rings is 1. The molecule has 0 unspecified atom stereocenters. The SMILES string of the molecule is Cl.N=C(N)c1ccc(Oc2cccc3cccnc23)c(F)c1. The van der Waals surface area contributed by atoms with E-state index in [9.17, 15) is 4.39 Å². The van der Waals surface area contributed by atoms with Crippen LogP contribution < -0.4 is 10.5 Å². The minimum Gasteiger partial charge on any atom is -0.452 e. The summed E-state index contributed by atoms with van der Waals surface area (Å²) >= 11 is 0. The fourth-order valence-corrected chi connectivity index (χ4v) is 2.03. The van der Waals surface area contributed by atoms with Gasteiger partial charge in [0.25, 0.3) is 0 Å². The van der Waals surface area contributed by atoms with Crippen LogP contribution in [0.5, 0.6) is 11.5 Å². The van der Waals surface area contributed by atoms with Crippen LogP contribution >= 0.6 is 12.4 Å². The van der Waals surface area contributed by atoms with Crippen molar-refractivity contribution in [2.75, 3.05) is 0 Å². The van der Waals surface area contributed by atoms with E-state index >= 15 is 0 Å². The molecule has 6 heteroatoms. The van der Waals surface area contributed by atoms with Crippen LogP contribution in [0.2, 0.25) is 0 Å². The molecular weight excluding hydrogens is 305 g/mol. The highest BCUT2D eigenvalue weighted by Gasteiger charge is 2.10. The van der Waals surface area contributed by atoms with Crippen LogP contribution in [0.3, 0.4) is 0 Å². The summed E-state index contributed by atoms with van der Waals surface area (Å²) in [5.74, 6) is -0.219. The van der Waals surface area contributed by atoms with Gasteiger partial charge in [0.1, 0.15) is 11.4 Å². The number of hydrogen-bond donors (Lipinski definition) is 2. The third-order valence-corrected chi connectivity index (χ3v) is 3.06. The summed E-state index contributed by atoms with van der Waals surface area (Å²) in [5.41, 5.74) is 6.30. The van der Waals surface area contributed by atoms with Crippen LogP contribution in [-0.4, -0.2) is 10.8 Å². The fourth-order valence-electron chi connectivity index (χ4n) is 2.03. The number of amidine groups is 1. The number of rotatable bonds is 3. The molecule has 0 spiro atoms. The zero-order valence-corrected chi connectivity index (χ0v) is 12.2. The van der Waals surface area contributed by atoms with Crippen molar-refractivity contribution in [2.24, 2.45) is 5.73 Å². The van der Waals surface area contributed by atoms with Crippen molar-refractivity contribution in [3.63, 3.8) is 0 Å². The van der Waals surface area contributed by atoms with E-state index < -0.39 is 5.82 Å². The zero-order valence-electron chi connectivity index (χ0n) is 11.4. The van der Waals surface area contributed by atoms with E-state index in [1.807, 2.05) is 24.3 Å². The van der Waals surface area contributed by atoms with E-state index in [0.717, 1.165) is 5.39 Å². The first-order valence-corrected chi connectivity index (χ1v) is 6.31. The van der Waals surface area contributed by atoms with Gasteiger partial charge >= 0.3 is 0 Å². The van der Waals surface area contributed by atoms with Gasteiger partial charge in [-0.1, -0.05) is 18.2 Å². The topological polar surface area (TPSA) is 72.0 Å². The maximum Gasteiger partial charge on any atom is 0.166 e. The maximum absolute atomic E-state index is 14.0. The Morgan fingerprint density at radius 2 is 1.86 bits per heavy atom. The van der Waals surface area contributed by atoms with E-state index in [0.29, 0.717) is 16.8 Å². The largest absolute Gasteiger partial charge is 0.452 e. The summed E-state index contributed by atoms with van der Waals surface area (Å²) < 4.78 is 19.6. The summed E-state index contributed by atoms with van der Waals surface area (Å²) in [4.78, 5) is 4.25. The molecule has 0 bridgehead atoms. The molecule has 0 fully saturated rings. The molecule has 3 N–H and O–H groups in total. The molecule has 0 radical (unpaired) electrons. The quantitative estimate of drug-likeness (QED) is 0.569. The Labute approximate surface area is 132 Å². The van der Waals surface area contributed by atoms with E-state index in [2.05, 4.69) is 4.98 Å². The molecule has 0 aliphatic carbocycles. The van der Waals surface area contributed by atoms with Crippen molar-refractivity contribution in [1.29, 1.82) is 5.41 Å². The molecule has 0 atom stereocenters. The number of hydrogen-bond acceptors (Lipinski definition) is 3. The van der Waals surface area contributed by atoms with Crippen molar-refractivity contribution in [2.45, 2.75) is 0 Å². The van der Waals surface area contributed by atoms with Gasteiger partial charge in [-0.25, -0.2) is 4.39 Å². The van der Waals surface area contributed by atoms with Crippen molar-refractivity contribution in [3.05, 3.63) is 66.1 Å². The molecule has 22 heavy (non-hydrogen) atoms. The lowest BCUT2D eigenvalue weighted by molar-refractivity contribution is 0.445. The molecule has 4 nitrogen and oxygen atoms in total. The molecule has 0 aliphatic heterocycles. The number of nitrogens with zero attached hydrogens (tertiary/aromatic N) is 1. The highest BCUT2D eigenvalue weighted by molar-refractivity contribution is 5.95. The molecule has 0 amide bonds. The van der Waals surface area contributed by atoms with Crippen LogP contribution in [0, 0.1) is 11.2 Å². The number of nitrogens with two attached hydrogens (primary N) is 1. The highest BCUT2D eigenvalue weighted by Crippen LogP contribution is 2.30. The molecule has 112 valence electrons. The molecule has 1 aromatic heterocycles. The van der Waals surface area contributed by atoms with E-state index in [1.165, 1.54) is 12.1 Å². The van der Waals surface area contributed by atoms with Gasteiger partial charge in [0.2, 0.25) is 0 Å². The molecule has 1 heterocycles. The summed E-state index contributed by atoms with van der Waals surface area (Å²) in [5, 5.41) is 8.20. The van der Waals surface area contributed by atoms with Gasteiger partial charge in [-0.05, 0) is 30.3 Å². The Morgan fingerprint density at radius 1 is 1.09 bits per heavy atom. The van der Waals surface area contributed by atoms with Crippen LogP contribution in [-0.2, 0) is 0 Å². The first-order valence-electron chi connectivity index (χ1n) is 6.31. The van der Waals surface area contributed by atoms with Crippen LogP contribution in [0.15, 0.2) is 54.7 Å². The summed E-state index contributed by atoms with van der Waals surface area (Å²) in [6.45, 7) is 0. The predicted molar refractivity (Wildman–Crippen MR) is 86.5 cm³/mol. The standard InChI is InChI=1S/C16H12FN3O.ClH/c17-12-9-11(16(18)19)6-7-13(12)21-14-5-1-3-10-4-2-8-20-15(10)14;/h1-9H,(H3,18,19);1H. The average molecular weight is 318 g/mol. The van der Waals surface area contributed by atoms with E-state index in [-0.39, 0.29) is 24.0 Å². The molecule has 0 aliphatic rings. The Balaban J connectivity index is 0.00000176. The molecular formula is C16H13ClFN3O. The lowest BCUT2D eigenvalue weighted by Gasteiger charge is -2.09. The van der Waals surface area contributed by atoms with Crippen molar-refractivity contribution >= 4 is 29.1 Å². The Hall–Kier alpha value is -2.66. The van der Waals surface area contributed by atoms with Gasteiger partial charge in [-0.2, -0.15) is 0 Å². The third kappa shape index (κ3) is 2.99. The van der Waals surface area contributed by atoms with Crippen molar-refractivity contribution < 1.29 is 9.13 Å². The third-order valence-electron chi connectivity index (χ3n) is 3.06. The van der Waals surface area contributed by atoms with E-state index in [4.69, 9.17) is 15.9 Å². The fraction of sp³-hybridized carbons (Fsp3) is 0. The molecule has 2 aromatic carbocycles. The normalized spacial score (nSPS) is 10.0. The second kappa shape index (κ2) is 6.41. The lowest BCUT2D eigenvalue weighted by Crippen LogP contribution is -2.11. The minimum atomic E-state index is -0.573. The molecule has 3 rings (SSSR count). The highest BCUT2D eigenvalue weighted by atomic mass is 35.5. The zero-order chi connectivity index (χ0) is 14.8. The van der Waals surface area contributed by atoms with Crippen LogP contribution in [0.25, 0.3) is 10.9 Å². The number of nitrogen functional groups attached to an aromatic ring is 1. The number of fused-ring (bicyclic) bond motifs is 1. The van der Waals surface area contributed by atoms with Gasteiger partial charge in [-0.15, -0.1) is 12.4 Å². The first kappa shape index (κ1) is 15.7. The predicted octanol–water partition coefficient (Wildman–Crippen LogP) is 3.87. The average Bonchev–Trinajstić information content (AvgIpc) is 2.49. The Kier molecular flexibility index (Phi) is 4.58. The van der Waals surface area contributed by atoms with Gasteiger partial charge in [0.05, 0.1) is 0 Å². The smallest absolute Gasteiger partial charge is 0.166 e. The van der Waals surface area contributed by atoms with Crippen molar-refractivity contribution in [1.82, 2.24) is 4.98 Å². The maximum atomic E-state index is 14.0. The number of ether oxygens (including phenoxy) is 1. The molecule has 0 saturated heterocycles. The van der Waals surface area contributed by atoms with Gasteiger partial charge in [0, 0.05) is 17.1 Å². The van der Waals surface area contributed by atoms with Crippen molar-refractivity contribution in [3.8, 4) is 11.5 Å². The lowest BCUT2D eigenvalue weighted by atomic mass is 10.2. The Bertz CT molecular complexity index is 833. The number of para-hydroxylation sites is 1. The number of nitrogens with one attached hydrogen (secondary N) is 1. The van der Waals surface area contributed by atoms with Crippen LogP contribution in [0.4, 0.5) is 4.39 Å². The second-order valence-corrected chi connectivity index (χ2v) is 4.49. The summed E-state index contributed by atoms with van der Waals surface area (Å²) in [6, 6.07) is 13.4. The second-order valence-electron chi connectivity index (χ2n) is 4.49. The number of benzene rings is 2. The minimum absolute atomic E-state index is 0. The first-order chi connectivity index (χ1) is 10.1. The van der Waals surface area contributed by atoms with E-state index in [1.54, 1.807) is 18.3 Å².